The molecule has 0 bridgehead atoms. The molecule has 3 aromatic rings. The van der Waals surface area contributed by atoms with Gasteiger partial charge in [0.05, 0.1) is 11.1 Å². The Kier molecular flexibility index (Phi) is 7.15. The molecule has 2 heterocycles. The van der Waals surface area contributed by atoms with E-state index in [0.29, 0.717) is 28.4 Å². The maximum absolute atomic E-state index is 15.8. The first-order chi connectivity index (χ1) is 18.8. The molecule has 208 valence electrons. The van der Waals surface area contributed by atoms with E-state index >= 15 is 4.39 Å². The second-order valence-corrected chi connectivity index (χ2v) is 12.4. The Morgan fingerprint density at radius 1 is 1.07 bits per heavy atom. The monoisotopic (exact) mass is 582 g/mol. The number of nitrogens with two attached hydrogens (primary N) is 1. The summed E-state index contributed by atoms with van der Waals surface area (Å²) in [5, 5.41) is 9.51. The van der Waals surface area contributed by atoms with Gasteiger partial charge in [-0.25, -0.2) is 4.39 Å². The molecule has 10 heteroatoms. The molecule has 3 aromatic carbocycles. The lowest BCUT2D eigenvalue weighted by Crippen LogP contribution is -2.49. The van der Waals surface area contributed by atoms with E-state index in [9.17, 15) is 14.4 Å². The van der Waals surface area contributed by atoms with Gasteiger partial charge in [-0.3, -0.25) is 14.4 Å². The molecular weight excluding hydrogens is 554 g/mol. The predicted octanol–water partition coefficient (Wildman–Crippen LogP) is 5.62. The van der Waals surface area contributed by atoms with Crippen molar-refractivity contribution in [2.75, 3.05) is 10.6 Å². The van der Waals surface area contributed by atoms with Gasteiger partial charge in [-0.15, -0.1) is 0 Å². The number of anilines is 2. The SMILES string of the molecule is CC(C)(C)C[C@@H]1N[C@@H](C(=O)Nc2cccc(C(N)=O)c2)[C@H](c2cccc(Cl)c2F)[C@]12C(=O)Nc1cc(Cl)ccc12. The average Bonchev–Trinajstić information content (AvgIpc) is 3.34. The van der Waals surface area contributed by atoms with Crippen LogP contribution in [0.4, 0.5) is 15.8 Å². The van der Waals surface area contributed by atoms with E-state index in [0.717, 1.165) is 0 Å². The third kappa shape index (κ3) is 4.74. The highest BCUT2D eigenvalue weighted by Gasteiger charge is 2.66. The molecule has 2 aliphatic rings. The van der Waals surface area contributed by atoms with Gasteiger partial charge in [0.15, 0.2) is 0 Å². The van der Waals surface area contributed by atoms with Crippen molar-refractivity contribution in [3.63, 3.8) is 0 Å². The summed E-state index contributed by atoms with van der Waals surface area (Å²) in [4.78, 5) is 39.9. The first-order valence-corrected chi connectivity index (χ1v) is 13.6. The first-order valence-electron chi connectivity index (χ1n) is 12.8. The van der Waals surface area contributed by atoms with Gasteiger partial charge in [-0.05, 0) is 59.4 Å². The van der Waals surface area contributed by atoms with Crippen LogP contribution in [0.5, 0.6) is 0 Å². The van der Waals surface area contributed by atoms with Crippen molar-refractivity contribution in [1.82, 2.24) is 5.32 Å². The van der Waals surface area contributed by atoms with Gasteiger partial charge < -0.3 is 21.7 Å². The van der Waals surface area contributed by atoms with Crippen LogP contribution >= 0.6 is 23.2 Å². The number of carbonyl (C=O) groups excluding carboxylic acids is 3. The molecule has 7 nitrogen and oxygen atoms in total. The molecule has 0 radical (unpaired) electrons. The number of benzene rings is 3. The van der Waals surface area contributed by atoms with Crippen LogP contribution in [-0.2, 0) is 15.0 Å². The van der Waals surface area contributed by atoms with E-state index in [1.807, 2.05) is 20.8 Å². The number of halogens is 3. The molecule has 0 aromatic heterocycles. The number of nitrogens with one attached hydrogen (secondary N) is 3. The lowest BCUT2D eigenvalue weighted by molar-refractivity contribution is -0.122. The molecule has 2 aliphatic heterocycles. The van der Waals surface area contributed by atoms with E-state index in [1.54, 1.807) is 42.5 Å². The Hall–Kier alpha value is -3.46. The van der Waals surface area contributed by atoms with Gasteiger partial charge in [0.1, 0.15) is 11.2 Å². The van der Waals surface area contributed by atoms with Crippen molar-refractivity contribution in [3.05, 3.63) is 93.2 Å². The number of fused-ring (bicyclic) bond motifs is 2. The van der Waals surface area contributed by atoms with Gasteiger partial charge in [-0.1, -0.05) is 68.2 Å². The fourth-order valence-electron chi connectivity index (χ4n) is 6.12. The van der Waals surface area contributed by atoms with Crippen molar-refractivity contribution in [1.29, 1.82) is 0 Å². The molecule has 0 unspecified atom stereocenters. The highest BCUT2D eigenvalue weighted by atomic mass is 35.5. The van der Waals surface area contributed by atoms with Crippen LogP contribution in [-0.4, -0.2) is 29.8 Å². The van der Waals surface area contributed by atoms with Gasteiger partial charge in [0.25, 0.3) is 0 Å². The summed E-state index contributed by atoms with van der Waals surface area (Å²) < 4.78 is 15.8. The molecular formula is C30H29Cl2FN4O3. The maximum Gasteiger partial charge on any atom is 0.248 e. The fourth-order valence-corrected chi connectivity index (χ4v) is 6.48. The highest BCUT2D eigenvalue weighted by Crippen LogP contribution is 2.57. The number of primary amides is 1. The standard InChI is InChI=1S/C30H29Cl2FN4O3/c1-29(2,3)14-22-30(19-11-10-16(31)13-21(19)36-28(30)40)23(18-8-5-9-20(32)24(18)33)25(37-22)27(39)35-17-7-4-6-15(12-17)26(34)38/h4-13,22-23,25,37H,14H2,1-3H3,(H2,34,38)(H,35,39)(H,36,40)/t22-,23-,25+,30+/m0/s1. The summed E-state index contributed by atoms with van der Waals surface area (Å²) in [5.74, 6) is -3.19. The third-order valence-corrected chi connectivity index (χ3v) is 8.16. The Bertz CT molecular complexity index is 1540. The minimum Gasteiger partial charge on any atom is -0.366 e. The van der Waals surface area contributed by atoms with E-state index < -0.39 is 41.0 Å². The van der Waals surface area contributed by atoms with Gasteiger partial charge >= 0.3 is 0 Å². The molecule has 1 fully saturated rings. The molecule has 1 saturated heterocycles. The molecule has 40 heavy (non-hydrogen) atoms. The van der Waals surface area contributed by atoms with Crippen LogP contribution in [0.2, 0.25) is 10.0 Å². The highest BCUT2D eigenvalue weighted by molar-refractivity contribution is 6.31. The summed E-state index contributed by atoms with van der Waals surface area (Å²) in [7, 11) is 0. The molecule has 3 amide bonds. The summed E-state index contributed by atoms with van der Waals surface area (Å²) in [6.45, 7) is 6.11. The molecule has 0 saturated carbocycles. The van der Waals surface area contributed by atoms with Crippen LogP contribution in [0.1, 0.15) is 54.6 Å². The topological polar surface area (TPSA) is 113 Å². The molecule has 4 atom stereocenters. The summed E-state index contributed by atoms with van der Waals surface area (Å²) in [6.07, 6.45) is 0.488. The molecule has 5 N–H and O–H groups in total. The molecule has 0 aliphatic carbocycles. The predicted molar refractivity (Wildman–Crippen MR) is 154 cm³/mol. The van der Waals surface area contributed by atoms with Crippen LogP contribution < -0.4 is 21.7 Å². The van der Waals surface area contributed by atoms with Crippen molar-refractivity contribution in [2.24, 2.45) is 11.1 Å². The van der Waals surface area contributed by atoms with Crippen molar-refractivity contribution < 1.29 is 18.8 Å². The lowest BCUT2D eigenvalue weighted by atomic mass is 9.62. The molecule has 5 rings (SSSR count). The van der Waals surface area contributed by atoms with Gasteiger partial charge in [-0.2, -0.15) is 0 Å². The third-order valence-electron chi connectivity index (χ3n) is 7.64. The summed E-state index contributed by atoms with van der Waals surface area (Å²) >= 11 is 12.5. The normalized spacial score (nSPS) is 23.6. The fraction of sp³-hybridized carbons (Fsp3) is 0.300. The Balaban J connectivity index is 1.71. The molecule has 1 spiro atoms. The van der Waals surface area contributed by atoms with Crippen LogP contribution in [0.25, 0.3) is 0 Å². The quantitative estimate of drug-likeness (QED) is 0.312. The van der Waals surface area contributed by atoms with E-state index in [4.69, 9.17) is 28.9 Å². The number of amides is 3. The Morgan fingerprint density at radius 2 is 1.80 bits per heavy atom. The Labute approximate surface area is 241 Å². The van der Waals surface area contributed by atoms with Crippen molar-refractivity contribution in [2.45, 2.75) is 50.6 Å². The smallest absolute Gasteiger partial charge is 0.248 e. The van der Waals surface area contributed by atoms with Gasteiger partial charge in [0.2, 0.25) is 17.7 Å². The zero-order valence-corrected chi connectivity index (χ0v) is 23.7. The second-order valence-electron chi connectivity index (χ2n) is 11.5. The maximum atomic E-state index is 15.8. The van der Waals surface area contributed by atoms with Crippen LogP contribution in [0.15, 0.2) is 60.7 Å². The van der Waals surface area contributed by atoms with Crippen LogP contribution in [0.3, 0.4) is 0 Å². The zero-order chi connectivity index (χ0) is 29.0. The number of rotatable bonds is 5. The van der Waals surface area contributed by atoms with Crippen LogP contribution in [0, 0.1) is 11.2 Å². The number of carbonyl (C=O) groups is 3. The first kappa shape index (κ1) is 28.1. The Morgan fingerprint density at radius 3 is 2.50 bits per heavy atom. The lowest BCUT2D eigenvalue weighted by Gasteiger charge is -2.37. The second kappa shape index (κ2) is 10.2. The zero-order valence-electron chi connectivity index (χ0n) is 22.1. The minimum atomic E-state index is -1.37. The number of hydrogen-bond donors (Lipinski definition) is 4. The summed E-state index contributed by atoms with van der Waals surface area (Å²) in [5.41, 5.74) is 5.62. The van der Waals surface area contributed by atoms with Gasteiger partial charge in [0, 0.05) is 33.9 Å². The van der Waals surface area contributed by atoms with E-state index in [-0.39, 0.29) is 27.5 Å². The van der Waals surface area contributed by atoms with Crippen molar-refractivity contribution >= 4 is 52.3 Å². The minimum absolute atomic E-state index is 0.116. The van der Waals surface area contributed by atoms with Crippen molar-refractivity contribution in [3.8, 4) is 0 Å². The van der Waals surface area contributed by atoms with E-state index in [1.165, 1.54) is 18.2 Å². The largest absolute Gasteiger partial charge is 0.366 e. The number of hydrogen-bond acceptors (Lipinski definition) is 4. The van der Waals surface area contributed by atoms with E-state index in [2.05, 4.69) is 16.0 Å². The average molecular weight is 583 g/mol. The summed E-state index contributed by atoms with van der Waals surface area (Å²) in [6, 6.07) is 14.3.